The van der Waals surface area contributed by atoms with Crippen molar-refractivity contribution in [1.29, 1.82) is 5.26 Å². The molecule has 0 aliphatic heterocycles. The molecule has 0 aliphatic carbocycles. The quantitative estimate of drug-likeness (QED) is 0.839. The Labute approximate surface area is 127 Å². The Balaban J connectivity index is 3.24. The molecule has 0 saturated heterocycles. The summed E-state index contributed by atoms with van der Waals surface area (Å²) in [5, 5.41) is 9.20. The molecule has 0 amide bonds. The molecule has 0 saturated carbocycles. The van der Waals surface area contributed by atoms with Crippen molar-refractivity contribution in [1.82, 2.24) is 4.72 Å². The first-order valence-electron chi connectivity index (χ1n) is 6.89. The predicted molar refractivity (Wildman–Crippen MR) is 83.1 cm³/mol. The average molecular weight is 309 g/mol. The molecular weight excluding hydrogens is 286 g/mol. The number of nitrogens with zero attached hydrogens (tertiary/aromatic N) is 1. The average Bonchev–Trinajstić information content (AvgIpc) is 2.36. The Morgan fingerprint density at radius 1 is 1.43 bits per heavy atom. The highest BCUT2D eigenvalue weighted by Crippen LogP contribution is 2.23. The van der Waals surface area contributed by atoms with E-state index in [1.807, 2.05) is 19.9 Å². The lowest BCUT2D eigenvalue weighted by atomic mass is 9.92. The molecule has 1 aromatic rings. The third kappa shape index (κ3) is 4.27. The molecule has 0 spiro atoms. The van der Waals surface area contributed by atoms with Gasteiger partial charge in [0.05, 0.1) is 5.56 Å². The second-order valence-corrected chi connectivity index (χ2v) is 7.68. The number of nitriles is 1. The Hall–Kier alpha value is -1.42. The van der Waals surface area contributed by atoms with Crippen molar-refractivity contribution in [3.63, 3.8) is 0 Å². The van der Waals surface area contributed by atoms with E-state index in [-0.39, 0.29) is 17.0 Å². The van der Waals surface area contributed by atoms with Crippen LogP contribution in [0.2, 0.25) is 0 Å². The number of hydrogen-bond donors (Lipinski definition) is 2. The molecule has 1 rings (SSSR count). The molecule has 3 N–H and O–H groups in total. The number of nitrogens with two attached hydrogens (primary N) is 1. The lowest BCUT2D eigenvalue weighted by Gasteiger charge is -2.31. The fourth-order valence-electron chi connectivity index (χ4n) is 2.46. The van der Waals surface area contributed by atoms with Crippen LogP contribution in [-0.2, 0) is 10.0 Å². The van der Waals surface area contributed by atoms with Crippen molar-refractivity contribution in [3.05, 3.63) is 29.3 Å². The molecule has 116 valence electrons. The van der Waals surface area contributed by atoms with Gasteiger partial charge in [-0.25, -0.2) is 13.1 Å². The van der Waals surface area contributed by atoms with Gasteiger partial charge in [-0.3, -0.25) is 0 Å². The monoisotopic (exact) mass is 309 g/mol. The van der Waals surface area contributed by atoms with Crippen molar-refractivity contribution >= 4 is 10.0 Å². The third-order valence-electron chi connectivity index (χ3n) is 3.33. The number of sulfonamides is 1. The Kier molecular flexibility index (Phi) is 5.51. The fourth-order valence-corrected chi connectivity index (χ4v) is 4.11. The van der Waals surface area contributed by atoms with Crippen LogP contribution in [0.3, 0.4) is 0 Å². The SMILES string of the molecule is Cc1cccc(S(=O)(=O)NC(C)(CN)CC(C)C)c1C#N. The van der Waals surface area contributed by atoms with Gasteiger partial charge in [0.15, 0.2) is 0 Å². The molecule has 6 heteroatoms. The molecule has 21 heavy (non-hydrogen) atoms. The number of benzene rings is 1. The minimum absolute atomic E-state index is 0.00781. The van der Waals surface area contributed by atoms with Crippen LogP contribution in [-0.4, -0.2) is 20.5 Å². The summed E-state index contributed by atoms with van der Waals surface area (Å²) in [6, 6.07) is 6.76. The number of hydrogen-bond acceptors (Lipinski definition) is 4. The standard InChI is InChI=1S/C15H23N3O2S/c1-11(2)8-15(4,10-17)18-21(19,20)14-7-5-6-12(3)13(14)9-16/h5-7,11,18H,8,10,17H2,1-4H3. The largest absolute Gasteiger partial charge is 0.329 e. The van der Waals surface area contributed by atoms with Crippen molar-refractivity contribution in [3.8, 4) is 6.07 Å². The first-order chi connectivity index (χ1) is 9.65. The lowest BCUT2D eigenvalue weighted by Crippen LogP contribution is -2.52. The molecule has 1 atom stereocenters. The molecule has 1 unspecified atom stereocenters. The minimum atomic E-state index is -3.79. The van der Waals surface area contributed by atoms with Gasteiger partial charge >= 0.3 is 0 Å². The maximum absolute atomic E-state index is 12.6. The zero-order valence-corrected chi connectivity index (χ0v) is 13.8. The van der Waals surface area contributed by atoms with Gasteiger partial charge in [0.2, 0.25) is 10.0 Å². The Bertz CT molecular complexity index is 647. The number of nitrogens with one attached hydrogen (secondary N) is 1. The van der Waals surface area contributed by atoms with Crippen LogP contribution >= 0.6 is 0 Å². The first-order valence-corrected chi connectivity index (χ1v) is 8.37. The van der Waals surface area contributed by atoms with Crippen LogP contribution in [0.25, 0.3) is 0 Å². The van der Waals surface area contributed by atoms with Crippen LogP contribution in [0.15, 0.2) is 23.1 Å². The second kappa shape index (κ2) is 6.56. The molecule has 0 aromatic heterocycles. The maximum Gasteiger partial charge on any atom is 0.242 e. The normalized spacial score (nSPS) is 14.7. The smallest absolute Gasteiger partial charge is 0.242 e. The molecule has 0 radical (unpaired) electrons. The van der Waals surface area contributed by atoms with E-state index in [4.69, 9.17) is 5.73 Å². The fraction of sp³-hybridized carbons (Fsp3) is 0.533. The van der Waals surface area contributed by atoms with E-state index in [1.165, 1.54) is 6.07 Å². The van der Waals surface area contributed by atoms with Gasteiger partial charge in [0.1, 0.15) is 11.0 Å². The summed E-state index contributed by atoms with van der Waals surface area (Å²) in [5.74, 6) is 0.300. The summed E-state index contributed by atoms with van der Waals surface area (Å²) < 4.78 is 27.9. The highest BCUT2D eigenvalue weighted by Gasteiger charge is 2.31. The Morgan fingerprint density at radius 3 is 2.52 bits per heavy atom. The topological polar surface area (TPSA) is 96.0 Å². The molecular formula is C15H23N3O2S. The van der Waals surface area contributed by atoms with Crippen molar-refractivity contribution < 1.29 is 8.42 Å². The molecule has 0 aliphatic rings. The minimum Gasteiger partial charge on any atom is -0.329 e. The second-order valence-electron chi connectivity index (χ2n) is 6.03. The Morgan fingerprint density at radius 2 is 2.05 bits per heavy atom. The molecule has 0 bridgehead atoms. The van der Waals surface area contributed by atoms with Gasteiger partial charge < -0.3 is 5.73 Å². The lowest BCUT2D eigenvalue weighted by molar-refractivity contribution is 0.344. The third-order valence-corrected chi connectivity index (χ3v) is 5.01. The van der Waals surface area contributed by atoms with Gasteiger partial charge in [-0.1, -0.05) is 26.0 Å². The summed E-state index contributed by atoms with van der Waals surface area (Å²) in [5.41, 5.74) is 5.83. The predicted octanol–water partition coefficient (Wildman–Crippen LogP) is 1.91. The van der Waals surface area contributed by atoms with Crippen molar-refractivity contribution in [2.45, 2.75) is 44.6 Å². The van der Waals surface area contributed by atoms with E-state index in [0.717, 1.165) is 0 Å². The summed E-state index contributed by atoms with van der Waals surface area (Å²) in [7, 11) is -3.79. The van der Waals surface area contributed by atoms with E-state index in [9.17, 15) is 13.7 Å². The molecule has 0 fully saturated rings. The summed E-state index contributed by atoms with van der Waals surface area (Å²) in [4.78, 5) is 0.00781. The van der Waals surface area contributed by atoms with Crippen molar-refractivity contribution in [2.75, 3.05) is 6.54 Å². The first kappa shape index (κ1) is 17.6. The zero-order valence-electron chi connectivity index (χ0n) is 13.0. The maximum atomic E-state index is 12.6. The zero-order chi connectivity index (χ0) is 16.3. The van der Waals surface area contributed by atoms with Crippen LogP contribution in [0.5, 0.6) is 0 Å². The van der Waals surface area contributed by atoms with E-state index in [1.54, 1.807) is 26.0 Å². The summed E-state index contributed by atoms with van der Waals surface area (Å²) in [6.07, 6.45) is 0.621. The van der Waals surface area contributed by atoms with E-state index in [0.29, 0.717) is 17.9 Å². The number of rotatable bonds is 6. The highest BCUT2D eigenvalue weighted by molar-refractivity contribution is 7.89. The van der Waals surface area contributed by atoms with Crippen LogP contribution in [0.4, 0.5) is 0 Å². The van der Waals surface area contributed by atoms with Gasteiger partial charge in [-0.05, 0) is 37.8 Å². The highest BCUT2D eigenvalue weighted by atomic mass is 32.2. The summed E-state index contributed by atoms with van der Waals surface area (Å²) in [6.45, 7) is 7.71. The van der Waals surface area contributed by atoms with Crippen LogP contribution < -0.4 is 10.5 Å². The van der Waals surface area contributed by atoms with Crippen molar-refractivity contribution in [2.24, 2.45) is 11.7 Å². The van der Waals surface area contributed by atoms with Gasteiger partial charge in [0, 0.05) is 12.1 Å². The van der Waals surface area contributed by atoms with Gasteiger partial charge in [-0.15, -0.1) is 0 Å². The van der Waals surface area contributed by atoms with E-state index >= 15 is 0 Å². The van der Waals surface area contributed by atoms with E-state index in [2.05, 4.69) is 4.72 Å². The van der Waals surface area contributed by atoms with Crippen LogP contribution in [0, 0.1) is 24.2 Å². The molecule has 5 nitrogen and oxygen atoms in total. The van der Waals surface area contributed by atoms with Gasteiger partial charge in [0.25, 0.3) is 0 Å². The van der Waals surface area contributed by atoms with Gasteiger partial charge in [-0.2, -0.15) is 5.26 Å². The van der Waals surface area contributed by atoms with E-state index < -0.39 is 15.6 Å². The number of aryl methyl sites for hydroxylation is 1. The summed E-state index contributed by atoms with van der Waals surface area (Å²) >= 11 is 0. The molecule has 1 aromatic carbocycles. The van der Waals surface area contributed by atoms with Crippen LogP contribution in [0.1, 0.15) is 38.3 Å². The molecule has 0 heterocycles.